The maximum absolute atomic E-state index is 11.4. The Bertz CT molecular complexity index is 614. The minimum atomic E-state index is -3.10. The van der Waals surface area contributed by atoms with Crippen LogP contribution in [-0.2, 0) is 16.6 Å². The van der Waals surface area contributed by atoms with Crippen molar-refractivity contribution in [2.75, 3.05) is 19.3 Å². The molecule has 0 saturated carbocycles. The zero-order valence-corrected chi connectivity index (χ0v) is 14.0. The van der Waals surface area contributed by atoms with E-state index < -0.39 is 10.0 Å². The fourth-order valence-corrected chi connectivity index (χ4v) is 3.81. The summed E-state index contributed by atoms with van der Waals surface area (Å²) in [7, 11) is -3.10. The van der Waals surface area contributed by atoms with Crippen LogP contribution in [0.15, 0.2) is 12.1 Å². The molecule has 0 atom stereocenters. The van der Waals surface area contributed by atoms with Gasteiger partial charge in [-0.3, -0.25) is 0 Å². The van der Waals surface area contributed by atoms with Crippen molar-refractivity contribution in [2.45, 2.75) is 25.4 Å². The molecule has 0 amide bonds. The molecule has 21 heavy (non-hydrogen) atoms. The van der Waals surface area contributed by atoms with E-state index in [1.165, 1.54) is 16.6 Å². The molecule has 5 nitrogen and oxygen atoms in total. The molecule has 1 saturated heterocycles. The highest BCUT2D eigenvalue weighted by molar-refractivity contribution is 7.88. The maximum Gasteiger partial charge on any atom is 0.211 e. The summed E-state index contributed by atoms with van der Waals surface area (Å²) in [4.78, 5) is 0. The predicted molar refractivity (Wildman–Crippen MR) is 84.4 cm³/mol. The topological polar surface area (TPSA) is 69.6 Å². The van der Waals surface area contributed by atoms with Crippen LogP contribution in [0.2, 0.25) is 10.0 Å². The maximum atomic E-state index is 11.4. The Morgan fingerprint density at radius 1 is 1.33 bits per heavy atom. The molecule has 1 fully saturated rings. The molecular weight excluding hydrogens is 335 g/mol. The van der Waals surface area contributed by atoms with E-state index in [2.05, 4.69) is 5.32 Å². The lowest BCUT2D eigenvalue weighted by molar-refractivity contribution is 0.289. The van der Waals surface area contributed by atoms with Gasteiger partial charge in [-0.1, -0.05) is 23.2 Å². The summed E-state index contributed by atoms with van der Waals surface area (Å²) in [6, 6.07) is 3.37. The highest BCUT2D eigenvalue weighted by Gasteiger charge is 2.24. The smallest absolute Gasteiger partial charge is 0.211 e. The van der Waals surface area contributed by atoms with Crippen molar-refractivity contribution in [1.82, 2.24) is 9.62 Å². The first-order valence-corrected chi connectivity index (χ1v) is 9.23. The van der Waals surface area contributed by atoms with Gasteiger partial charge in [-0.2, -0.15) is 0 Å². The third kappa shape index (κ3) is 4.47. The molecule has 0 aromatic heterocycles. The molecule has 1 aliphatic heterocycles. The number of hydrogen-bond acceptors (Lipinski definition) is 4. The molecule has 2 rings (SSSR count). The van der Waals surface area contributed by atoms with Gasteiger partial charge in [-0.15, -0.1) is 0 Å². The number of benzene rings is 1. The van der Waals surface area contributed by atoms with Gasteiger partial charge in [0.15, 0.2) is 0 Å². The van der Waals surface area contributed by atoms with Crippen LogP contribution in [0.25, 0.3) is 0 Å². The molecule has 8 heteroatoms. The van der Waals surface area contributed by atoms with E-state index in [1.54, 1.807) is 6.07 Å². The van der Waals surface area contributed by atoms with Crippen molar-refractivity contribution in [3.63, 3.8) is 0 Å². The van der Waals surface area contributed by atoms with E-state index in [1.807, 2.05) is 0 Å². The van der Waals surface area contributed by atoms with Crippen LogP contribution < -0.4 is 5.32 Å². The van der Waals surface area contributed by atoms with Gasteiger partial charge < -0.3 is 10.4 Å². The van der Waals surface area contributed by atoms with Crippen LogP contribution in [0.1, 0.15) is 18.4 Å². The second-order valence-corrected chi connectivity index (χ2v) is 8.04. The number of hydrogen-bond donors (Lipinski definition) is 2. The number of halogens is 2. The van der Waals surface area contributed by atoms with Crippen LogP contribution in [-0.4, -0.2) is 43.2 Å². The first kappa shape index (κ1) is 16.8. The summed E-state index contributed by atoms with van der Waals surface area (Å²) in [5, 5.41) is 13.9. The average Bonchev–Trinajstić information content (AvgIpc) is 2.40. The Morgan fingerprint density at radius 2 is 1.95 bits per heavy atom. The van der Waals surface area contributed by atoms with Gasteiger partial charge in [0, 0.05) is 36.3 Å². The molecule has 0 aliphatic carbocycles. The standard InChI is InChI=1S/C13H18Cl2N2O3S/c1-21(19,20)17-4-2-11(3-5-17)16-8-9-6-10(14)7-12(15)13(9)18/h6-7,11,16,18H,2-5,8H2,1H3. The van der Waals surface area contributed by atoms with Gasteiger partial charge in [0.05, 0.1) is 11.3 Å². The number of piperidine rings is 1. The lowest BCUT2D eigenvalue weighted by Crippen LogP contribution is -2.44. The van der Waals surface area contributed by atoms with E-state index in [0.29, 0.717) is 30.2 Å². The van der Waals surface area contributed by atoms with Crippen LogP contribution in [0.3, 0.4) is 0 Å². The van der Waals surface area contributed by atoms with Crippen LogP contribution in [0.4, 0.5) is 0 Å². The summed E-state index contributed by atoms with van der Waals surface area (Å²) < 4.78 is 24.4. The molecule has 1 aliphatic rings. The van der Waals surface area contributed by atoms with Gasteiger partial charge in [-0.05, 0) is 25.0 Å². The van der Waals surface area contributed by atoms with Crippen molar-refractivity contribution in [1.29, 1.82) is 0 Å². The average molecular weight is 353 g/mol. The second kappa shape index (κ2) is 6.71. The first-order valence-electron chi connectivity index (χ1n) is 6.63. The fraction of sp³-hybridized carbons (Fsp3) is 0.538. The van der Waals surface area contributed by atoms with Crippen molar-refractivity contribution in [3.05, 3.63) is 27.7 Å². The number of nitrogens with one attached hydrogen (secondary N) is 1. The Balaban J connectivity index is 1.91. The number of sulfonamides is 1. The Morgan fingerprint density at radius 3 is 2.52 bits per heavy atom. The lowest BCUT2D eigenvalue weighted by Gasteiger charge is -2.30. The summed E-state index contributed by atoms with van der Waals surface area (Å²) in [5.41, 5.74) is 0.637. The quantitative estimate of drug-likeness (QED) is 0.871. The molecule has 1 aromatic rings. The highest BCUT2D eigenvalue weighted by Crippen LogP contribution is 2.31. The summed E-state index contributed by atoms with van der Waals surface area (Å²) in [6.45, 7) is 1.47. The third-order valence-electron chi connectivity index (χ3n) is 3.61. The summed E-state index contributed by atoms with van der Waals surface area (Å²) in [6.07, 6.45) is 2.71. The van der Waals surface area contributed by atoms with E-state index >= 15 is 0 Å². The minimum Gasteiger partial charge on any atom is -0.506 e. The molecule has 0 bridgehead atoms. The molecule has 0 spiro atoms. The first-order chi connectivity index (χ1) is 9.77. The van der Waals surface area contributed by atoms with Gasteiger partial charge in [-0.25, -0.2) is 12.7 Å². The minimum absolute atomic E-state index is 0.0298. The van der Waals surface area contributed by atoms with E-state index in [4.69, 9.17) is 23.2 Å². The molecule has 1 heterocycles. The molecule has 2 N–H and O–H groups in total. The zero-order valence-electron chi connectivity index (χ0n) is 11.6. The number of rotatable bonds is 4. The van der Waals surface area contributed by atoms with Crippen molar-refractivity contribution in [2.24, 2.45) is 0 Å². The Hall–Kier alpha value is -0.530. The molecular formula is C13H18Cl2N2O3S. The third-order valence-corrected chi connectivity index (χ3v) is 5.42. The lowest BCUT2D eigenvalue weighted by atomic mass is 10.1. The number of aromatic hydroxyl groups is 1. The van der Waals surface area contributed by atoms with Crippen LogP contribution in [0.5, 0.6) is 5.75 Å². The number of phenols is 1. The largest absolute Gasteiger partial charge is 0.506 e. The van der Waals surface area contributed by atoms with E-state index in [0.717, 1.165) is 12.8 Å². The molecule has 0 radical (unpaired) electrons. The second-order valence-electron chi connectivity index (χ2n) is 5.21. The highest BCUT2D eigenvalue weighted by atomic mass is 35.5. The van der Waals surface area contributed by atoms with Gasteiger partial charge in [0.2, 0.25) is 10.0 Å². The van der Waals surface area contributed by atoms with Crippen molar-refractivity contribution >= 4 is 33.2 Å². The molecule has 1 aromatic carbocycles. The fourth-order valence-electron chi connectivity index (χ4n) is 2.40. The molecule has 0 unspecified atom stereocenters. The Labute approximate surface area is 134 Å². The van der Waals surface area contributed by atoms with Crippen molar-refractivity contribution < 1.29 is 13.5 Å². The van der Waals surface area contributed by atoms with Gasteiger partial charge in [0.1, 0.15) is 5.75 Å². The van der Waals surface area contributed by atoms with E-state index in [-0.39, 0.29) is 16.8 Å². The number of nitrogens with zero attached hydrogens (tertiary/aromatic N) is 1. The van der Waals surface area contributed by atoms with Gasteiger partial charge >= 0.3 is 0 Å². The summed E-state index contributed by atoms with van der Waals surface area (Å²) in [5.74, 6) is 0.0298. The molecule has 118 valence electrons. The zero-order chi connectivity index (χ0) is 15.6. The number of phenolic OH excluding ortho intramolecular Hbond substituents is 1. The van der Waals surface area contributed by atoms with Gasteiger partial charge in [0.25, 0.3) is 0 Å². The van der Waals surface area contributed by atoms with Crippen molar-refractivity contribution in [3.8, 4) is 5.75 Å². The normalized spacial score (nSPS) is 18.0. The van der Waals surface area contributed by atoms with E-state index in [9.17, 15) is 13.5 Å². The SMILES string of the molecule is CS(=O)(=O)N1CCC(NCc2cc(Cl)cc(Cl)c2O)CC1. The Kier molecular flexibility index (Phi) is 5.38. The monoisotopic (exact) mass is 352 g/mol. The van der Waals surface area contributed by atoms with Crippen LogP contribution >= 0.6 is 23.2 Å². The van der Waals surface area contributed by atoms with Crippen LogP contribution in [0, 0.1) is 0 Å². The summed E-state index contributed by atoms with van der Waals surface area (Å²) >= 11 is 11.8. The predicted octanol–water partition coefficient (Wildman–Crippen LogP) is 2.21.